The Labute approximate surface area is 937 Å². The number of benzene rings is 2. The number of hydrogen-bond acceptors (Lipinski definition) is 55. The Morgan fingerprint density at radius 2 is 0.483 bits per heavy atom. The fourth-order valence-electron chi connectivity index (χ4n) is 12.7. The Bertz CT molecular complexity index is 4360. The number of carbonyl (C=O) groups excluding carboxylic acids is 19. The number of ether oxygens (including phenoxy) is 9. The van der Waals surface area contributed by atoms with E-state index in [4.69, 9.17) is 61.2 Å². The van der Waals surface area contributed by atoms with E-state index >= 15 is 0 Å². The zero-order valence-electron chi connectivity index (χ0n) is 81.0. The molecule has 0 bridgehead atoms. The molecule has 3 aliphatic rings. The van der Waals surface area contributed by atoms with Crippen molar-refractivity contribution in [3.8, 4) is 0 Å². The van der Waals surface area contributed by atoms with Crippen molar-refractivity contribution in [1.29, 1.82) is 0 Å². The summed E-state index contributed by atoms with van der Waals surface area (Å²) < 4.78 is 41.4. The minimum absolute atomic E-state index is 0. The molecule has 0 amide bonds. The topological polar surface area (TPSA) is 838 Å². The molecule has 2 radical (unpaired) electrons. The van der Waals surface area contributed by atoms with Crippen molar-refractivity contribution < 1.29 is 328 Å². The summed E-state index contributed by atoms with van der Waals surface area (Å²) in [7, 11) is 3.77. The molecule has 3 aliphatic heterocycles. The van der Waals surface area contributed by atoms with Gasteiger partial charge in [0.15, 0.2) is 11.6 Å². The molecule has 11 N–H and O–H groups in total. The smallest absolute Gasteiger partial charge is 0.549 e. The van der Waals surface area contributed by atoms with Crippen LogP contribution >= 0.6 is 0 Å². The fourth-order valence-corrected chi connectivity index (χ4v) is 12.7. The van der Waals surface area contributed by atoms with Crippen LogP contribution in [0.4, 0.5) is 11.4 Å². The van der Waals surface area contributed by atoms with E-state index in [9.17, 15) is 135 Å². The van der Waals surface area contributed by atoms with Crippen LogP contribution in [0.5, 0.6) is 0 Å². The number of nitrogens with two attached hydrogens (primary N) is 2. The Hall–Kier alpha value is -11.3. The summed E-state index contributed by atoms with van der Waals surface area (Å²) in [5, 5.41) is 94.8. The van der Waals surface area contributed by atoms with Gasteiger partial charge in [-0.1, -0.05) is 24.3 Å². The first-order valence-corrected chi connectivity index (χ1v) is 43.3. The third kappa shape index (κ3) is 81.3. The molecular formula is C84H119Gd2N17NaO45+3. The number of hydrogen-bond donors (Lipinski definition) is 9. The number of aliphatic carboxylic acids is 10. The number of morpholine rings is 3. The Morgan fingerprint density at radius 3 is 0.698 bits per heavy atom. The summed E-state index contributed by atoms with van der Waals surface area (Å²) >= 11 is 0. The van der Waals surface area contributed by atoms with Crippen molar-refractivity contribution in [1.82, 2.24) is 73.5 Å². The van der Waals surface area contributed by atoms with Gasteiger partial charge in [-0.2, -0.15) is 9.59 Å². The van der Waals surface area contributed by atoms with Crippen molar-refractivity contribution in [2.75, 3.05) is 301 Å². The number of anilines is 2. The van der Waals surface area contributed by atoms with E-state index < -0.39 is 154 Å². The predicted octanol–water partition coefficient (Wildman–Crippen LogP) is -17.7. The molecule has 0 unspecified atom stereocenters. The zero-order chi connectivity index (χ0) is 110. The van der Waals surface area contributed by atoms with E-state index in [-0.39, 0.29) is 363 Å². The minimum atomic E-state index is -1.42. The maximum atomic E-state index is 12.5. The van der Waals surface area contributed by atoms with Crippen molar-refractivity contribution in [3.63, 3.8) is 0 Å². The summed E-state index contributed by atoms with van der Waals surface area (Å²) in [6.07, 6.45) is 0.479. The first kappa shape index (κ1) is 144. The van der Waals surface area contributed by atoms with Crippen molar-refractivity contribution in [2.45, 2.75) is 12.8 Å². The maximum Gasteiger partial charge on any atom is 3.00 e. The van der Waals surface area contributed by atoms with Crippen molar-refractivity contribution in [3.05, 3.63) is 66.7 Å². The van der Waals surface area contributed by atoms with E-state index in [0.29, 0.717) is 57.1 Å². The van der Waals surface area contributed by atoms with Crippen LogP contribution in [0.1, 0.15) is 11.1 Å². The molecule has 65 heteroatoms. The molecule has 824 valence electrons. The van der Waals surface area contributed by atoms with Gasteiger partial charge in [-0.05, 0) is 48.5 Å². The molecular weight excluding hydrogens is 2300 g/mol. The number of carbonyl (C=O) groups is 24. The van der Waals surface area contributed by atoms with Crippen LogP contribution in [-0.4, -0.2) is 550 Å². The molecule has 3 heterocycles. The van der Waals surface area contributed by atoms with Gasteiger partial charge in [0.2, 0.25) is 0 Å². The summed E-state index contributed by atoms with van der Waals surface area (Å²) in [6.45, 7) is 0.494. The first-order valence-electron chi connectivity index (χ1n) is 43.3. The second kappa shape index (κ2) is 87.5. The molecule has 0 saturated carbocycles. The number of carboxylic acid groups (broad SMARTS) is 10. The molecule has 0 aromatic heterocycles. The largest absolute Gasteiger partial charge is 3.00 e. The van der Waals surface area contributed by atoms with Crippen LogP contribution in [0.2, 0.25) is 0 Å². The molecule has 62 nitrogen and oxygen atoms in total. The predicted molar refractivity (Wildman–Crippen MR) is 476 cm³/mol. The summed E-state index contributed by atoms with van der Waals surface area (Å²) in [4.78, 5) is 302. The number of nitrogens with zero attached hydrogens (tertiary/aromatic N) is 15. The first-order chi connectivity index (χ1) is 69.2. The molecule has 0 atom stereocenters. The Balaban J connectivity index is -0.000000875. The van der Waals surface area contributed by atoms with E-state index in [1.165, 1.54) is 34.3 Å². The van der Waals surface area contributed by atoms with E-state index in [1.54, 1.807) is 82.8 Å². The van der Waals surface area contributed by atoms with Gasteiger partial charge in [-0.15, -0.1) is 0 Å². The van der Waals surface area contributed by atoms with Crippen molar-refractivity contribution >= 4 is 163 Å². The van der Waals surface area contributed by atoms with Crippen molar-refractivity contribution in [2.24, 2.45) is 0 Å². The monoisotopic (exact) mass is 2420 g/mol. The molecule has 3 fully saturated rings. The van der Waals surface area contributed by atoms with Gasteiger partial charge in [-0.3, -0.25) is 171 Å². The standard InChI is InChI=1S/C21H30N4O9.C20H29N4O7.C14H23N3O10.C14H21N3O9.C14H19N3O8.CO2.2Gd.Na/c22-17-3-1-16(2-4-17)9-18(27)10-24(11-19(28)29)7-5-23(14-34-15-26)6-8-25(12-20(30)31)13-21(32)33;1-22(7-9-24(13-19(28)29)14-20(30)31)6-8-23(12-18(26)27)11-17(25)10-15-2-4-16(21)5-3-15;18-10-25-7-15(1-3-16(5-13(21)22)6-14(23)24)2-4-17(8-26-11-19)9-27-12-20;18-10-25-9-15(1-3-16(5-11(19)20)6-12(21)22)2-4-17-7-13(23)26-14(24)8-17;18-10-23-9-15(1-3-16-5-11(19)24-12(20)6-16)2-4-17-7-13(21)25-14(22)8-17;2-1-3;;;/h1-4,15H,5-14,22H2,(H,28,29)(H,30,31)(H,32,33);2-5H,1,6-14,21H2,(H,26,27)(H,28,29)(H,30,31);10-12H,1-9H2,(H,21,22)(H,23,24);10H,1-9H2,(H,19,20)(H,21,22);10H,1-9H2;;;;/q;-1;;;;;2*+3;+1/p-3. The summed E-state index contributed by atoms with van der Waals surface area (Å²) in [5.41, 5.74) is 13.9. The summed E-state index contributed by atoms with van der Waals surface area (Å²) in [5.74, 6) is -16.4. The number of Topliss-reactive ketones (excluding diaryl/α,β-unsaturated/α-hetero) is 2. The number of rotatable bonds is 76. The van der Waals surface area contributed by atoms with Gasteiger partial charge in [-0.25, -0.2) is 4.90 Å². The van der Waals surface area contributed by atoms with Gasteiger partial charge in [0.05, 0.1) is 116 Å². The molecule has 5 rings (SSSR count). The average Bonchev–Trinajstić information content (AvgIpc) is 0.873. The normalized spacial score (nSPS) is 12.8. The third-order valence-corrected chi connectivity index (χ3v) is 19.2. The Morgan fingerprint density at radius 1 is 0.309 bits per heavy atom. The number of ketones is 2. The number of nitrogen functional groups attached to an aromatic ring is 2. The number of esters is 6. The van der Waals surface area contributed by atoms with Gasteiger partial charge in [0.1, 0.15) is 40.4 Å². The van der Waals surface area contributed by atoms with Crippen LogP contribution < -0.4 is 56.3 Å². The van der Waals surface area contributed by atoms with Gasteiger partial charge >= 0.3 is 193 Å². The number of carboxylic acids is 10. The maximum absolute atomic E-state index is 12.5. The van der Waals surface area contributed by atoms with Crippen LogP contribution in [0.3, 0.4) is 0 Å². The number of cyclic esters (lactones) is 6. The van der Waals surface area contributed by atoms with Crippen LogP contribution in [0.15, 0.2) is 48.5 Å². The van der Waals surface area contributed by atoms with Gasteiger partial charge in [0, 0.05) is 162 Å². The summed E-state index contributed by atoms with van der Waals surface area (Å²) in [6, 6.07) is 13.6. The average molecular weight is 2420 g/mol. The second-order valence-electron chi connectivity index (χ2n) is 31.1. The van der Waals surface area contributed by atoms with Crippen LogP contribution in [0, 0.1) is 86.9 Å². The molecule has 3 saturated heterocycles. The zero-order valence-corrected chi connectivity index (χ0v) is 87.6. The van der Waals surface area contributed by atoms with Gasteiger partial charge in [0.25, 0.3) is 38.8 Å². The van der Waals surface area contributed by atoms with Crippen LogP contribution in [-0.2, 0) is 180 Å². The SMILES string of the molecule is Nc1ccc(CC(=O)CN(CCN(CCN(CC(=O)O)CC(=O)O)COC=O)CC(=O)O)cc1.O=C=O.O=COCN(CCN(CC(=O)O)CC(=O)O)CCN1CC(=O)OC(=O)C1.O=COCN(CCN(COC=O)COC=O)CCN(CC(=O)O)CC(=O)O.O=COCN(CCN1CC(=O)OC(=O)C1)CCN1CC(=O)OC(=O)C1.[CH2-]N(CCN(CC(=O)[O-])CC(=O)[O-])CCN(CC(=O)[O-])CC(=O)Cc1ccc(N)cc1.[Gd+3].[Gd+3].[Na+]. The quantitative estimate of drug-likeness (QED) is 0.00434. The van der Waals surface area contributed by atoms with Gasteiger partial charge < -0.3 is 124 Å². The molecule has 2 aromatic rings. The fraction of sp³-hybridized carbons (Fsp3) is 0.548. The molecule has 0 spiro atoms. The van der Waals surface area contributed by atoms with E-state index in [1.807, 2.05) is 0 Å². The van der Waals surface area contributed by atoms with Crippen LogP contribution in [0.25, 0.3) is 0 Å². The van der Waals surface area contributed by atoms with E-state index in [2.05, 4.69) is 40.2 Å². The Kier molecular flexibility index (Phi) is 84.5. The second-order valence-corrected chi connectivity index (χ2v) is 31.1. The molecule has 149 heavy (non-hydrogen) atoms. The van der Waals surface area contributed by atoms with E-state index in [0.717, 1.165) is 16.0 Å². The third-order valence-electron chi connectivity index (χ3n) is 19.2. The molecule has 0 aliphatic carbocycles. The molecule has 2 aromatic carbocycles. The minimum Gasteiger partial charge on any atom is -0.549 e.